The van der Waals surface area contributed by atoms with Crippen LogP contribution in [0.1, 0.15) is 46.0 Å². The molecular weight excluding hydrogens is 208 g/mol. The van der Waals surface area contributed by atoms with E-state index in [0.717, 1.165) is 25.7 Å². The van der Waals surface area contributed by atoms with Gasteiger partial charge in [0.1, 0.15) is 0 Å². The Balaban J connectivity index is 3.54. The predicted octanol–water partition coefficient (Wildman–Crippen LogP) is 2.31. The zero-order chi connectivity index (χ0) is 12.4. The van der Waals surface area contributed by atoms with Gasteiger partial charge in [0.15, 0.2) is 0 Å². The molecule has 0 aromatic heterocycles. The number of hydrogen-bond donors (Lipinski definition) is 0. The number of hydrogen-bond acceptors (Lipinski definition) is 4. The molecule has 0 saturated heterocycles. The smallest absolute Gasteiger partial charge is 0.308 e. The summed E-state index contributed by atoms with van der Waals surface area (Å²) in [5.74, 6) is -1.12. The summed E-state index contributed by atoms with van der Waals surface area (Å²) in [6.45, 7) is 4.24. The van der Waals surface area contributed by atoms with Crippen LogP contribution in [-0.4, -0.2) is 25.7 Å². The highest BCUT2D eigenvalue weighted by Crippen LogP contribution is 2.06. The molecule has 0 fully saturated rings. The summed E-state index contributed by atoms with van der Waals surface area (Å²) in [5, 5.41) is 0. The highest BCUT2D eigenvalue weighted by atomic mass is 16.5. The molecule has 0 N–H and O–H groups in total. The van der Waals surface area contributed by atoms with Crippen molar-refractivity contribution in [1.82, 2.24) is 0 Å². The van der Waals surface area contributed by atoms with Crippen molar-refractivity contribution >= 4 is 11.9 Å². The second-order valence-corrected chi connectivity index (χ2v) is 3.91. The molecule has 0 heterocycles. The Morgan fingerprint density at radius 2 is 1.88 bits per heavy atom. The lowest BCUT2D eigenvalue weighted by Crippen LogP contribution is -2.18. The van der Waals surface area contributed by atoms with Gasteiger partial charge in [0.25, 0.3) is 0 Å². The van der Waals surface area contributed by atoms with E-state index in [1.807, 2.05) is 0 Å². The lowest BCUT2D eigenvalue weighted by molar-refractivity contribution is -0.152. The number of methoxy groups -OCH3 is 1. The van der Waals surface area contributed by atoms with E-state index in [4.69, 9.17) is 4.74 Å². The van der Waals surface area contributed by atoms with E-state index >= 15 is 0 Å². The number of carbonyl (C=O) groups is 2. The number of unbranched alkanes of at least 4 members (excludes halogenated alkanes) is 3. The Morgan fingerprint density at radius 3 is 2.44 bits per heavy atom. The Kier molecular flexibility index (Phi) is 8.58. The Bertz CT molecular complexity index is 213. The van der Waals surface area contributed by atoms with Crippen molar-refractivity contribution in [1.29, 1.82) is 0 Å². The van der Waals surface area contributed by atoms with Crippen molar-refractivity contribution in [3.63, 3.8) is 0 Å². The third-order valence-electron chi connectivity index (χ3n) is 2.34. The monoisotopic (exact) mass is 230 g/mol. The van der Waals surface area contributed by atoms with Crippen LogP contribution < -0.4 is 0 Å². The molecule has 0 aromatic carbocycles. The molecule has 0 saturated carbocycles. The second-order valence-electron chi connectivity index (χ2n) is 3.91. The Hall–Kier alpha value is -1.06. The third kappa shape index (κ3) is 7.26. The lowest BCUT2D eigenvalue weighted by Gasteiger charge is -2.08. The van der Waals surface area contributed by atoms with Gasteiger partial charge in [-0.25, -0.2) is 0 Å². The number of esters is 2. The van der Waals surface area contributed by atoms with Crippen LogP contribution in [0.5, 0.6) is 0 Å². The van der Waals surface area contributed by atoms with Crippen LogP contribution in [0.2, 0.25) is 0 Å². The fourth-order valence-corrected chi connectivity index (χ4v) is 1.31. The molecule has 0 amide bonds. The fraction of sp³-hybridized carbons (Fsp3) is 0.833. The normalized spacial score (nSPS) is 11.9. The highest BCUT2D eigenvalue weighted by molar-refractivity contribution is 5.79. The third-order valence-corrected chi connectivity index (χ3v) is 2.34. The van der Waals surface area contributed by atoms with Gasteiger partial charge in [-0.1, -0.05) is 33.1 Å². The van der Waals surface area contributed by atoms with Crippen LogP contribution in [0.3, 0.4) is 0 Å². The van der Waals surface area contributed by atoms with Crippen molar-refractivity contribution in [3.05, 3.63) is 0 Å². The summed E-state index contributed by atoms with van der Waals surface area (Å²) < 4.78 is 9.53. The summed E-state index contributed by atoms with van der Waals surface area (Å²) in [7, 11) is 1.31. The van der Waals surface area contributed by atoms with E-state index in [0.29, 0.717) is 6.61 Å². The van der Waals surface area contributed by atoms with Crippen molar-refractivity contribution in [2.45, 2.75) is 46.0 Å². The van der Waals surface area contributed by atoms with E-state index in [-0.39, 0.29) is 18.4 Å². The van der Waals surface area contributed by atoms with Crippen LogP contribution >= 0.6 is 0 Å². The molecule has 0 aliphatic carbocycles. The second kappa shape index (κ2) is 9.19. The summed E-state index contributed by atoms with van der Waals surface area (Å²) in [6.07, 6.45) is 4.40. The molecular formula is C12H22O4. The average molecular weight is 230 g/mol. The topological polar surface area (TPSA) is 52.6 Å². The van der Waals surface area contributed by atoms with Crippen molar-refractivity contribution in [2.75, 3.05) is 13.7 Å². The molecule has 0 aliphatic rings. The molecule has 94 valence electrons. The molecule has 4 nitrogen and oxygen atoms in total. The van der Waals surface area contributed by atoms with Gasteiger partial charge >= 0.3 is 11.9 Å². The highest BCUT2D eigenvalue weighted by Gasteiger charge is 2.17. The van der Waals surface area contributed by atoms with Gasteiger partial charge in [0, 0.05) is 0 Å². The quantitative estimate of drug-likeness (QED) is 0.474. The van der Waals surface area contributed by atoms with Crippen LogP contribution in [0.4, 0.5) is 0 Å². The zero-order valence-electron chi connectivity index (χ0n) is 10.5. The van der Waals surface area contributed by atoms with E-state index in [2.05, 4.69) is 11.7 Å². The molecule has 1 atom stereocenters. The molecule has 0 aliphatic heterocycles. The standard InChI is InChI=1S/C12H22O4/c1-4-5-6-7-8-16-11(13)9-10(2)12(14)15-3/h10H,4-9H2,1-3H3. The molecule has 0 radical (unpaired) electrons. The molecule has 1 unspecified atom stereocenters. The Labute approximate surface area is 97.3 Å². The van der Waals surface area contributed by atoms with Crippen LogP contribution in [0.25, 0.3) is 0 Å². The first kappa shape index (κ1) is 14.9. The predicted molar refractivity (Wildman–Crippen MR) is 60.9 cm³/mol. The maximum atomic E-state index is 11.3. The van der Waals surface area contributed by atoms with Gasteiger partial charge in [-0.15, -0.1) is 0 Å². The van der Waals surface area contributed by atoms with Crippen molar-refractivity contribution in [3.8, 4) is 0 Å². The molecule has 0 aromatic rings. The maximum Gasteiger partial charge on any atom is 0.308 e. The molecule has 0 rings (SSSR count). The molecule has 4 heteroatoms. The minimum atomic E-state index is -0.423. The largest absolute Gasteiger partial charge is 0.469 e. The van der Waals surface area contributed by atoms with Crippen LogP contribution in [-0.2, 0) is 19.1 Å². The van der Waals surface area contributed by atoms with E-state index in [1.165, 1.54) is 7.11 Å². The fourth-order valence-electron chi connectivity index (χ4n) is 1.31. The molecule has 16 heavy (non-hydrogen) atoms. The van der Waals surface area contributed by atoms with Crippen LogP contribution in [0.15, 0.2) is 0 Å². The number of rotatable bonds is 8. The SMILES string of the molecule is CCCCCCOC(=O)CC(C)C(=O)OC. The lowest BCUT2D eigenvalue weighted by atomic mass is 10.1. The van der Waals surface area contributed by atoms with Gasteiger partial charge in [0.05, 0.1) is 26.1 Å². The van der Waals surface area contributed by atoms with Crippen LogP contribution in [0, 0.1) is 5.92 Å². The van der Waals surface area contributed by atoms with Gasteiger partial charge in [0.2, 0.25) is 0 Å². The first-order valence-corrected chi connectivity index (χ1v) is 5.85. The Morgan fingerprint density at radius 1 is 1.19 bits per heavy atom. The van der Waals surface area contributed by atoms with E-state index in [1.54, 1.807) is 6.92 Å². The van der Waals surface area contributed by atoms with Gasteiger partial charge < -0.3 is 9.47 Å². The minimum absolute atomic E-state index is 0.0977. The van der Waals surface area contributed by atoms with Gasteiger partial charge in [-0.2, -0.15) is 0 Å². The molecule has 0 spiro atoms. The summed E-state index contributed by atoms with van der Waals surface area (Å²) in [4.78, 5) is 22.3. The summed E-state index contributed by atoms with van der Waals surface area (Å²) >= 11 is 0. The van der Waals surface area contributed by atoms with E-state index in [9.17, 15) is 9.59 Å². The summed E-state index contributed by atoms with van der Waals surface area (Å²) in [6, 6.07) is 0. The van der Waals surface area contributed by atoms with Crippen molar-refractivity contribution in [2.24, 2.45) is 5.92 Å². The van der Waals surface area contributed by atoms with E-state index < -0.39 is 5.92 Å². The maximum absolute atomic E-state index is 11.3. The average Bonchev–Trinajstić information content (AvgIpc) is 2.27. The minimum Gasteiger partial charge on any atom is -0.469 e. The molecule has 0 bridgehead atoms. The van der Waals surface area contributed by atoms with Gasteiger partial charge in [-0.05, 0) is 6.42 Å². The first-order valence-electron chi connectivity index (χ1n) is 5.85. The zero-order valence-corrected chi connectivity index (χ0v) is 10.5. The number of carbonyl (C=O) groups excluding carboxylic acids is 2. The van der Waals surface area contributed by atoms with Gasteiger partial charge in [-0.3, -0.25) is 9.59 Å². The summed E-state index contributed by atoms with van der Waals surface area (Å²) in [5.41, 5.74) is 0. The van der Waals surface area contributed by atoms with Crippen molar-refractivity contribution < 1.29 is 19.1 Å². The first-order chi connectivity index (χ1) is 7.61. The number of ether oxygens (including phenoxy) is 2.